The van der Waals surface area contributed by atoms with Crippen LogP contribution < -0.4 is 47.9 Å². The molecule has 0 aliphatic carbocycles. The maximum absolute atomic E-state index is 13.6. The molecule has 1 aliphatic heterocycles. The Labute approximate surface area is 426 Å². The summed E-state index contributed by atoms with van der Waals surface area (Å²) in [6.45, 7) is 14.9. The first-order valence-electron chi connectivity index (χ1n) is 25.4. The number of nitrogens with zero attached hydrogens (tertiary/aromatic N) is 2. The molecule has 9 N–H and O–H groups in total. The van der Waals surface area contributed by atoms with Crippen molar-refractivity contribution in [3.8, 4) is 0 Å². The van der Waals surface area contributed by atoms with Gasteiger partial charge in [0.05, 0.1) is 13.1 Å². The summed E-state index contributed by atoms with van der Waals surface area (Å²) in [6.07, 6.45) is 7.28. The molecule has 72 heavy (non-hydrogen) atoms. The number of nitrogens with one attached hydrogen (secondary N) is 9. The summed E-state index contributed by atoms with van der Waals surface area (Å²) in [5, 5.41) is 23.8. The highest BCUT2D eigenvalue weighted by atomic mass is 16.2. The molecule has 1 aromatic rings. The smallest absolute Gasteiger partial charge is 0.254 e. The number of likely N-dealkylation sites (tertiary alicyclic amines) is 1. The van der Waals surface area contributed by atoms with Crippen LogP contribution in [0.1, 0.15) is 143 Å². The van der Waals surface area contributed by atoms with Crippen LogP contribution in [0.15, 0.2) is 30.3 Å². The molecule has 10 amide bonds. The van der Waals surface area contributed by atoms with Crippen LogP contribution in [0.25, 0.3) is 0 Å². The predicted octanol–water partition coefficient (Wildman–Crippen LogP) is 1.16. The molecule has 0 aromatic heterocycles. The van der Waals surface area contributed by atoms with Crippen LogP contribution in [0, 0.1) is 5.92 Å². The monoisotopic (exact) mass is 1010 g/mol. The lowest BCUT2D eigenvalue weighted by Gasteiger charge is -2.33. The van der Waals surface area contributed by atoms with Gasteiger partial charge in [0, 0.05) is 38.2 Å². The topological polar surface area (TPSA) is 285 Å². The van der Waals surface area contributed by atoms with E-state index in [4.69, 9.17) is 0 Å². The minimum absolute atomic E-state index is 0.0417. The van der Waals surface area contributed by atoms with Gasteiger partial charge in [-0.1, -0.05) is 77.5 Å². The molecule has 1 heterocycles. The van der Waals surface area contributed by atoms with Gasteiger partial charge in [-0.05, 0) is 99.4 Å². The number of benzene rings is 1. The van der Waals surface area contributed by atoms with Gasteiger partial charge in [-0.3, -0.25) is 47.9 Å². The van der Waals surface area contributed by atoms with Gasteiger partial charge in [0.25, 0.3) is 5.91 Å². The van der Waals surface area contributed by atoms with E-state index in [1.807, 2.05) is 32.8 Å². The van der Waals surface area contributed by atoms with Crippen molar-refractivity contribution in [2.75, 3.05) is 53.4 Å². The summed E-state index contributed by atoms with van der Waals surface area (Å²) >= 11 is 0. The summed E-state index contributed by atoms with van der Waals surface area (Å²) in [5.41, 5.74) is -4.08. The maximum atomic E-state index is 13.6. The Kier molecular flexibility index (Phi) is 25.9. The van der Waals surface area contributed by atoms with Gasteiger partial charge >= 0.3 is 0 Å². The number of hydrogen-bond acceptors (Lipinski definition) is 11. The van der Waals surface area contributed by atoms with E-state index in [1.165, 1.54) is 46.4 Å². The summed E-state index contributed by atoms with van der Waals surface area (Å²) in [6, 6.07) is 5.82. The SMILES string of the molecule is CCCCCCCC[C@H](NC(=O)[C@@H]1CCCN1C(=O)c1ccccc1)C(=O)NCC(=O)NC(C)(C)C(=O)NCC(=O)N[C@@H](CC(C)C)C(=O)NC(C)(C)C(=O)NC(C)(C)C(=O)NCCC(=O)NCCN(C)C. The van der Waals surface area contributed by atoms with Crippen LogP contribution in [0.5, 0.6) is 0 Å². The van der Waals surface area contributed by atoms with Gasteiger partial charge in [-0.25, -0.2) is 0 Å². The van der Waals surface area contributed by atoms with Gasteiger partial charge in [0.1, 0.15) is 34.7 Å². The quantitative estimate of drug-likeness (QED) is 0.0476. The summed E-state index contributed by atoms with van der Waals surface area (Å²) in [5.74, 6) is -5.74. The highest BCUT2D eigenvalue weighted by molar-refractivity contribution is 6.00. The molecule has 1 saturated heterocycles. The average molecular weight is 1010 g/mol. The molecule has 404 valence electrons. The molecule has 2 rings (SSSR count). The average Bonchev–Trinajstić information content (AvgIpc) is 3.80. The lowest BCUT2D eigenvalue weighted by atomic mass is 9.97. The molecule has 21 nitrogen and oxygen atoms in total. The lowest BCUT2D eigenvalue weighted by molar-refractivity contribution is -0.138. The van der Waals surface area contributed by atoms with Crippen LogP contribution in [0.2, 0.25) is 0 Å². The van der Waals surface area contributed by atoms with Crippen molar-refractivity contribution < 1.29 is 47.9 Å². The molecule has 0 saturated carbocycles. The van der Waals surface area contributed by atoms with Crippen molar-refractivity contribution in [1.82, 2.24) is 57.7 Å². The Bertz CT molecular complexity index is 2010. The van der Waals surface area contributed by atoms with E-state index in [0.29, 0.717) is 50.9 Å². The minimum atomic E-state index is -1.57. The number of carbonyl (C=O) groups is 10. The lowest BCUT2D eigenvalue weighted by Crippen LogP contribution is -2.64. The van der Waals surface area contributed by atoms with Crippen LogP contribution in [-0.4, -0.2) is 157 Å². The number of amides is 10. The first-order valence-corrected chi connectivity index (χ1v) is 25.4. The van der Waals surface area contributed by atoms with E-state index >= 15 is 0 Å². The third-order valence-electron chi connectivity index (χ3n) is 12.0. The van der Waals surface area contributed by atoms with Gasteiger partial charge < -0.3 is 57.7 Å². The zero-order valence-corrected chi connectivity index (χ0v) is 44.7. The van der Waals surface area contributed by atoms with Gasteiger partial charge in [-0.15, -0.1) is 0 Å². The van der Waals surface area contributed by atoms with Crippen LogP contribution in [0.3, 0.4) is 0 Å². The number of unbranched alkanes of at least 4 members (excludes halogenated alkanes) is 5. The maximum Gasteiger partial charge on any atom is 0.254 e. The molecular formula is C51H85N11O10. The fourth-order valence-electron chi connectivity index (χ4n) is 7.73. The van der Waals surface area contributed by atoms with Crippen molar-refractivity contribution in [2.24, 2.45) is 5.92 Å². The Morgan fingerprint density at radius 3 is 1.88 bits per heavy atom. The predicted molar refractivity (Wildman–Crippen MR) is 274 cm³/mol. The normalized spacial score (nSPS) is 14.6. The van der Waals surface area contributed by atoms with E-state index in [1.54, 1.807) is 30.3 Å². The van der Waals surface area contributed by atoms with E-state index < -0.39 is 95.1 Å². The first-order chi connectivity index (χ1) is 33.7. The first kappa shape index (κ1) is 62.0. The largest absolute Gasteiger partial charge is 0.355 e. The van der Waals surface area contributed by atoms with Crippen LogP contribution >= 0.6 is 0 Å². The number of rotatable bonds is 31. The van der Waals surface area contributed by atoms with Crippen LogP contribution in [0.4, 0.5) is 0 Å². The molecule has 0 unspecified atom stereocenters. The van der Waals surface area contributed by atoms with E-state index in [9.17, 15) is 47.9 Å². The second kappa shape index (κ2) is 30.0. The minimum Gasteiger partial charge on any atom is -0.355 e. The summed E-state index contributed by atoms with van der Waals surface area (Å²) < 4.78 is 0. The molecule has 21 heteroatoms. The van der Waals surface area contributed by atoms with E-state index in [2.05, 4.69) is 54.8 Å². The fourth-order valence-corrected chi connectivity index (χ4v) is 7.73. The standard InChI is InChI=1S/C51H85N11O10/c1-12-13-14-15-16-20-24-36(57-44(68)38-25-21-29-62(38)45(69)35-22-18-17-19-23-35)42(66)54-33-41(65)58-49(4,5)47(71)55-32-40(64)56-37(31-34(2)3)43(67)59-51(8,9)48(72)60-50(6,7)46(70)53-27-26-39(63)52-28-30-61(10)11/h17-19,22-23,34,36-38H,12-16,20-21,24-33H2,1-11H3,(H,52,63)(H,53,70)(H,54,66)(H,55,71)(H,56,64)(H,57,68)(H,58,65)(H,59,67)(H,60,72)/t36-,37-,38-/m0/s1. The molecular weight excluding hydrogens is 927 g/mol. The Hall–Kier alpha value is -6.12. The van der Waals surface area contributed by atoms with Crippen molar-refractivity contribution in [1.29, 1.82) is 0 Å². The molecule has 1 fully saturated rings. The molecule has 0 spiro atoms. The molecule has 1 aromatic carbocycles. The van der Waals surface area contributed by atoms with E-state index in [0.717, 1.165) is 32.1 Å². The van der Waals surface area contributed by atoms with Crippen molar-refractivity contribution >= 4 is 59.1 Å². The zero-order chi connectivity index (χ0) is 54.2. The number of carbonyl (C=O) groups excluding carboxylic acids is 10. The molecule has 0 bridgehead atoms. The Balaban J connectivity index is 1.97. The Morgan fingerprint density at radius 1 is 0.639 bits per heavy atom. The van der Waals surface area contributed by atoms with Crippen LogP contribution in [-0.2, 0) is 43.2 Å². The van der Waals surface area contributed by atoms with Crippen molar-refractivity contribution in [3.63, 3.8) is 0 Å². The molecule has 0 radical (unpaired) electrons. The van der Waals surface area contributed by atoms with E-state index in [-0.39, 0.29) is 37.1 Å². The number of likely N-dealkylation sites (N-methyl/N-ethyl adjacent to an activating group) is 1. The molecule has 3 atom stereocenters. The third kappa shape index (κ3) is 22.1. The highest BCUT2D eigenvalue weighted by Crippen LogP contribution is 2.21. The molecule has 1 aliphatic rings. The Morgan fingerprint density at radius 2 is 1.24 bits per heavy atom. The highest BCUT2D eigenvalue weighted by Gasteiger charge is 2.39. The van der Waals surface area contributed by atoms with Gasteiger partial charge in [0.2, 0.25) is 53.2 Å². The zero-order valence-electron chi connectivity index (χ0n) is 44.7. The number of hydrogen-bond donors (Lipinski definition) is 9. The fraction of sp³-hybridized carbons (Fsp3) is 0.686. The third-order valence-corrected chi connectivity index (χ3v) is 12.0. The van der Waals surface area contributed by atoms with Crippen molar-refractivity contribution in [2.45, 2.75) is 168 Å². The van der Waals surface area contributed by atoms with Gasteiger partial charge in [-0.2, -0.15) is 0 Å². The van der Waals surface area contributed by atoms with Gasteiger partial charge in [0.15, 0.2) is 0 Å². The summed E-state index contributed by atoms with van der Waals surface area (Å²) in [4.78, 5) is 136. The second-order valence-electron chi connectivity index (χ2n) is 20.8. The van der Waals surface area contributed by atoms with Crippen molar-refractivity contribution in [3.05, 3.63) is 35.9 Å². The summed E-state index contributed by atoms with van der Waals surface area (Å²) in [7, 11) is 3.76. The second-order valence-corrected chi connectivity index (χ2v) is 20.8.